The van der Waals surface area contributed by atoms with Crippen LogP contribution in [-0.2, 0) is 9.06 Å². The van der Waals surface area contributed by atoms with Crippen LogP contribution in [0.25, 0.3) is 0 Å². The van der Waals surface area contributed by atoms with Crippen molar-refractivity contribution < 1.29 is 9.47 Å². The van der Waals surface area contributed by atoms with Crippen LogP contribution in [0.4, 0.5) is 0 Å². The van der Waals surface area contributed by atoms with Crippen molar-refractivity contribution in [1.82, 2.24) is 0 Å². The maximum atomic E-state index is 5.18. The SMILES string of the molecule is COc1cccc(C2(Br)COC2)c1. The summed E-state index contributed by atoms with van der Waals surface area (Å²) in [5.41, 5.74) is 1.22. The van der Waals surface area contributed by atoms with Crippen molar-refractivity contribution in [3.8, 4) is 5.75 Å². The number of alkyl halides is 1. The molecule has 1 heterocycles. The normalized spacial score (nSPS) is 19.2. The fraction of sp³-hybridized carbons (Fsp3) is 0.400. The van der Waals surface area contributed by atoms with Gasteiger partial charge in [0.05, 0.1) is 24.6 Å². The summed E-state index contributed by atoms with van der Waals surface area (Å²) in [7, 11) is 1.68. The van der Waals surface area contributed by atoms with Crippen LogP contribution in [0.5, 0.6) is 5.75 Å². The van der Waals surface area contributed by atoms with Gasteiger partial charge in [-0.05, 0) is 17.7 Å². The Bertz CT molecular complexity index is 308. The molecule has 70 valence electrons. The summed E-state index contributed by atoms with van der Waals surface area (Å²) < 4.78 is 10.4. The van der Waals surface area contributed by atoms with E-state index in [-0.39, 0.29) is 4.32 Å². The fourth-order valence-electron chi connectivity index (χ4n) is 1.35. The van der Waals surface area contributed by atoms with E-state index < -0.39 is 0 Å². The number of rotatable bonds is 2. The lowest BCUT2D eigenvalue weighted by atomic mass is 9.97. The first-order valence-electron chi connectivity index (χ1n) is 4.16. The van der Waals surface area contributed by atoms with E-state index in [0.717, 1.165) is 19.0 Å². The third kappa shape index (κ3) is 1.58. The highest BCUT2D eigenvalue weighted by atomic mass is 79.9. The highest BCUT2D eigenvalue weighted by molar-refractivity contribution is 9.09. The van der Waals surface area contributed by atoms with Gasteiger partial charge in [0.1, 0.15) is 5.75 Å². The van der Waals surface area contributed by atoms with Gasteiger partial charge in [0.2, 0.25) is 0 Å². The lowest BCUT2D eigenvalue weighted by Gasteiger charge is -2.36. The Hall–Kier alpha value is -0.540. The second-order valence-corrected chi connectivity index (χ2v) is 4.71. The molecule has 2 nitrogen and oxygen atoms in total. The largest absolute Gasteiger partial charge is 0.497 e. The summed E-state index contributed by atoms with van der Waals surface area (Å²) >= 11 is 3.66. The van der Waals surface area contributed by atoms with E-state index in [1.165, 1.54) is 5.56 Å². The molecule has 1 aliphatic heterocycles. The molecular weight excluding hydrogens is 232 g/mol. The molecule has 0 bridgehead atoms. The van der Waals surface area contributed by atoms with Crippen LogP contribution >= 0.6 is 15.9 Å². The molecule has 1 aromatic carbocycles. The molecule has 1 fully saturated rings. The Kier molecular flexibility index (Phi) is 2.30. The van der Waals surface area contributed by atoms with Crippen LogP contribution in [0.15, 0.2) is 24.3 Å². The van der Waals surface area contributed by atoms with Gasteiger partial charge in [-0.3, -0.25) is 0 Å². The third-order valence-corrected chi connectivity index (χ3v) is 3.16. The van der Waals surface area contributed by atoms with E-state index in [0.29, 0.717) is 0 Å². The van der Waals surface area contributed by atoms with Gasteiger partial charge in [0, 0.05) is 0 Å². The van der Waals surface area contributed by atoms with Crippen molar-refractivity contribution in [1.29, 1.82) is 0 Å². The smallest absolute Gasteiger partial charge is 0.119 e. The van der Waals surface area contributed by atoms with E-state index >= 15 is 0 Å². The number of hydrogen-bond acceptors (Lipinski definition) is 2. The predicted molar refractivity (Wildman–Crippen MR) is 54.4 cm³/mol. The van der Waals surface area contributed by atoms with Crippen LogP contribution in [-0.4, -0.2) is 20.3 Å². The van der Waals surface area contributed by atoms with Crippen molar-refractivity contribution >= 4 is 15.9 Å². The first-order valence-corrected chi connectivity index (χ1v) is 4.95. The first kappa shape index (κ1) is 9.03. The quantitative estimate of drug-likeness (QED) is 0.742. The summed E-state index contributed by atoms with van der Waals surface area (Å²) in [5.74, 6) is 0.892. The molecule has 0 N–H and O–H groups in total. The molecular formula is C10H11BrO2. The van der Waals surface area contributed by atoms with Crippen molar-refractivity contribution in [2.24, 2.45) is 0 Å². The second-order valence-electron chi connectivity index (χ2n) is 3.19. The molecule has 0 unspecified atom stereocenters. The molecule has 2 rings (SSSR count). The molecule has 1 aliphatic rings. The monoisotopic (exact) mass is 242 g/mol. The van der Waals surface area contributed by atoms with Gasteiger partial charge < -0.3 is 9.47 Å². The second kappa shape index (κ2) is 3.31. The maximum Gasteiger partial charge on any atom is 0.119 e. The lowest BCUT2D eigenvalue weighted by molar-refractivity contribution is -0.00704. The lowest BCUT2D eigenvalue weighted by Crippen LogP contribution is -2.40. The van der Waals surface area contributed by atoms with Crippen molar-refractivity contribution in [3.63, 3.8) is 0 Å². The zero-order chi connectivity index (χ0) is 9.31. The molecule has 0 amide bonds. The molecule has 1 saturated heterocycles. The van der Waals surface area contributed by atoms with Gasteiger partial charge >= 0.3 is 0 Å². The number of methoxy groups -OCH3 is 1. The Morgan fingerprint density at radius 1 is 1.46 bits per heavy atom. The van der Waals surface area contributed by atoms with Crippen molar-refractivity contribution in [2.45, 2.75) is 4.32 Å². The highest BCUT2D eigenvalue weighted by Gasteiger charge is 2.37. The van der Waals surface area contributed by atoms with E-state index in [4.69, 9.17) is 9.47 Å². The highest BCUT2D eigenvalue weighted by Crippen LogP contribution is 2.39. The van der Waals surface area contributed by atoms with Gasteiger partial charge in [-0.2, -0.15) is 0 Å². The molecule has 0 saturated carbocycles. The average molecular weight is 243 g/mol. The van der Waals surface area contributed by atoms with Crippen molar-refractivity contribution in [3.05, 3.63) is 29.8 Å². The Balaban J connectivity index is 2.29. The number of benzene rings is 1. The summed E-state index contributed by atoms with van der Waals surface area (Å²) in [4.78, 5) is 0. The zero-order valence-electron chi connectivity index (χ0n) is 7.42. The van der Waals surface area contributed by atoms with E-state index in [2.05, 4.69) is 22.0 Å². The summed E-state index contributed by atoms with van der Waals surface area (Å²) in [5, 5.41) is 0. The van der Waals surface area contributed by atoms with E-state index in [9.17, 15) is 0 Å². The van der Waals surface area contributed by atoms with Gasteiger partial charge in [-0.1, -0.05) is 28.1 Å². The molecule has 0 atom stereocenters. The zero-order valence-corrected chi connectivity index (χ0v) is 9.00. The fourth-order valence-corrected chi connectivity index (χ4v) is 1.92. The molecule has 0 aromatic heterocycles. The summed E-state index contributed by atoms with van der Waals surface area (Å²) in [6.45, 7) is 1.47. The number of ether oxygens (including phenoxy) is 2. The Morgan fingerprint density at radius 2 is 2.23 bits per heavy atom. The van der Waals surface area contributed by atoms with Gasteiger partial charge in [-0.25, -0.2) is 0 Å². The summed E-state index contributed by atoms with van der Waals surface area (Å²) in [6.07, 6.45) is 0. The van der Waals surface area contributed by atoms with Crippen molar-refractivity contribution in [2.75, 3.05) is 20.3 Å². The standard InChI is InChI=1S/C10H11BrO2/c1-12-9-4-2-3-8(5-9)10(11)6-13-7-10/h2-5H,6-7H2,1H3. The topological polar surface area (TPSA) is 18.5 Å². The molecule has 0 spiro atoms. The molecule has 3 heteroatoms. The number of halogens is 1. The Morgan fingerprint density at radius 3 is 2.77 bits per heavy atom. The molecule has 13 heavy (non-hydrogen) atoms. The predicted octanol–water partition coefficient (Wildman–Crippen LogP) is 2.32. The van der Waals surface area contributed by atoms with E-state index in [1.807, 2.05) is 18.2 Å². The third-order valence-electron chi connectivity index (χ3n) is 2.25. The number of hydrogen-bond donors (Lipinski definition) is 0. The minimum absolute atomic E-state index is 0.0154. The van der Waals surface area contributed by atoms with Crippen LogP contribution in [0, 0.1) is 0 Å². The first-order chi connectivity index (χ1) is 6.24. The minimum atomic E-state index is 0.0154. The Labute approximate surface area is 86.0 Å². The van der Waals surface area contributed by atoms with Crippen LogP contribution < -0.4 is 4.74 Å². The van der Waals surface area contributed by atoms with Gasteiger partial charge in [0.25, 0.3) is 0 Å². The van der Waals surface area contributed by atoms with Gasteiger partial charge in [-0.15, -0.1) is 0 Å². The van der Waals surface area contributed by atoms with Crippen LogP contribution in [0.2, 0.25) is 0 Å². The van der Waals surface area contributed by atoms with Crippen LogP contribution in [0.3, 0.4) is 0 Å². The molecule has 0 aliphatic carbocycles. The average Bonchev–Trinajstić information content (AvgIpc) is 2.14. The molecule has 0 radical (unpaired) electrons. The molecule has 1 aromatic rings. The van der Waals surface area contributed by atoms with Crippen LogP contribution in [0.1, 0.15) is 5.56 Å². The summed E-state index contributed by atoms with van der Waals surface area (Å²) in [6, 6.07) is 8.06. The van der Waals surface area contributed by atoms with Gasteiger partial charge in [0.15, 0.2) is 0 Å². The van der Waals surface area contributed by atoms with E-state index in [1.54, 1.807) is 7.11 Å². The minimum Gasteiger partial charge on any atom is -0.497 e. The maximum absolute atomic E-state index is 5.18.